The Morgan fingerprint density at radius 3 is 1.72 bits per heavy atom. The second-order valence-corrected chi connectivity index (χ2v) is 13.9. The molecular weight excluding hydrogens is 573 g/mol. The summed E-state index contributed by atoms with van der Waals surface area (Å²) >= 11 is 6.51. The van der Waals surface area contributed by atoms with Gasteiger partial charge in [0, 0.05) is 10.6 Å². The van der Waals surface area contributed by atoms with Crippen molar-refractivity contribution >= 4 is 63.3 Å². The average molecular weight is 602 g/mol. The fourth-order valence-electron chi connectivity index (χ4n) is 5.67. The molecule has 1 aliphatic heterocycles. The van der Waals surface area contributed by atoms with Crippen molar-refractivity contribution in [2.45, 2.75) is 6.54 Å². The van der Waals surface area contributed by atoms with E-state index in [1.165, 1.54) is 7.11 Å². The minimum absolute atomic E-state index is 0.219. The molecule has 212 valence electrons. The van der Waals surface area contributed by atoms with Crippen LogP contribution in [-0.2, 0) is 20.9 Å². The van der Waals surface area contributed by atoms with E-state index in [9.17, 15) is 9.59 Å². The van der Waals surface area contributed by atoms with Crippen LogP contribution in [-0.4, -0.2) is 24.8 Å². The maximum absolute atomic E-state index is 14.4. The van der Waals surface area contributed by atoms with E-state index in [0.29, 0.717) is 22.8 Å². The Morgan fingerprint density at radius 2 is 1.23 bits per heavy atom. The lowest BCUT2D eigenvalue weighted by molar-refractivity contribution is -0.135. The Kier molecular flexibility index (Phi) is 8.16. The van der Waals surface area contributed by atoms with Crippen molar-refractivity contribution in [2.75, 3.05) is 12.0 Å². The monoisotopic (exact) mass is 601 g/mol. The first-order valence-corrected chi connectivity index (χ1v) is 16.2. The molecule has 5 aromatic carbocycles. The van der Waals surface area contributed by atoms with E-state index in [1.807, 2.05) is 96.8 Å². The second-order valence-electron chi connectivity index (χ2n) is 10.2. The number of anilines is 1. The molecule has 0 radical (unpaired) electrons. The molecule has 1 amide bonds. The van der Waals surface area contributed by atoms with Crippen LogP contribution >= 0.6 is 18.5 Å². The highest BCUT2D eigenvalue weighted by molar-refractivity contribution is 7.94. The van der Waals surface area contributed by atoms with Gasteiger partial charge in [0.1, 0.15) is 0 Å². The van der Waals surface area contributed by atoms with Crippen LogP contribution in [0.1, 0.15) is 11.1 Å². The second kappa shape index (κ2) is 12.3. The van der Waals surface area contributed by atoms with E-state index in [2.05, 4.69) is 36.4 Å². The summed E-state index contributed by atoms with van der Waals surface area (Å²) in [4.78, 5) is 30.0. The van der Waals surface area contributed by atoms with E-state index in [0.717, 1.165) is 21.5 Å². The molecule has 0 spiro atoms. The van der Waals surface area contributed by atoms with Gasteiger partial charge >= 0.3 is 5.97 Å². The standard InChI is InChI=1S/C37H29ClNO3P/c1-42-37(41)33(35-32-24-28(38)22-23-34(32)39(36(35)40)25-27-14-6-2-7-15-27)26-43(29-16-8-3-9-17-29,30-18-10-4-11-19-30)31-20-12-5-13-21-31/h2-24,26H,25H2,1H3/b35-33-. The van der Waals surface area contributed by atoms with Crippen LogP contribution in [0.2, 0.25) is 5.02 Å². The third-order valence-electron chi connectivity index (χ3n) is 7.65. The smallest absolute Gasteiger partial charge is 0.338 e. The first-order valence-electron chi connectivity index (χ1n) is 13.9. The Morgan fingerprint density at radius 1 is 0.744 bits per heavy atom. The average Bonchev–Trinajstić information content (AvgIpc) is 3.32. The number of fused-ring (bicyclic) bond motifs is 1. The molecule has 6 rings (SSSR count). The molecule has 0 unspecified atom stereocenters. The highest BCUT2D eigenvalue weighted by Gasteiger charge is 2.38. The summed E-state index contributed by atoms with van der Waals surface area (Å²) in [6.07, 6.45) is 0. The molecule has 43 heavy (non-hydrogen) atoms. The number of nitrogens with zero attached hydrogens (tertiary/aromatic N) is 1. The predicted octanol–water partition coefficient (Wildman–Crippen LogP) is 6.61. The molecule has 6 heteroatoms. The third-order valence-corrected chi connectivity index (χ3v) is 11.9. The van der Waals surface area contributed by atoms with Gasteiger partial charge in [0.15, 0.2) is 0 Å². The zero-order valence-corrected chi connectivity index (χ0v) is 25.2. The van der Waals surface area contributed by atoms with Crippen LogP contribution in [0, 0.1) is 0 Å². The van der Waals surface area contributed by atoms with Crippen molar-refractivity contribution in [1.29, 1.82) is 0 Å². The molecule has 0 N–H and O–H groups in total. The minimum Gasteiger partial charge on any atom is -0.465 e. The van der Waals surface area contributed by atoms with Gasteiger partial charge < -0.3 is 9.64 Å². The molecule has 0 fully saturated rings. The summed E-state index contributed by atoms with van der Waals surface area (Å²) in [7, 11) is 1.35. The Hall–Kier alpha value is -4.63. The van der Waals surface area contributed by atoms with Gasteiger partial charge in [-0.15, -0.1) is 0 Å². The molecule has 0 aliphatic carbocycles. The van der Waals surface area contributed by atoms with Gasteiger partial charge in [-0.1, -0.05) is 133 Å². The summed E-state index contributed by atoms with van der Waals surface area (Å²) < 4.78 is 5.41. The molecule has 1 heterocycles. The van der Waals surface area contributed by atoms with E-state index >= 15 is 0 Å². The third kappa shape index (κ3) is 5.36. The number of carbonyl (C=O) groups excluding carboxylic acids is 2. The van der Waals surface area contributed by atoms with Crippen LogP contribution < -0.4 is 20.8 Å². The number of benzene rings is 5. The lowest BCUT2D eigenvalue weighted by atomic mass is 10.0. The van der Waals surface area contributed by atoms with E-state index in [1.54, 1.807) is 17.0 Å². The van der Waals surface area contributed by atoms with Crippen molar-refractivity contribution in [3.8, 4) is 0 Å². The highest BCUT2D eigenvalue weighted by atomic mass is 35.5. The number of esters is 1. The first-order chi connectivity index (χ1) is 21.0. The van der Waals surface area contributed by atoms with Gasteiger partial charge in [-0.3, -0.25) is 4.79 Å². The minimum atomic E-state index is -2.65. The van der Waals surface area contributed by atoms with E-state index in [4.69, 9.17) is 16.3 Å². The largest absolute Gasteiger partial charge is 0.465 e. The van der Waals surface area contributed by atoms with Crippen molar-refractivity contribution in [1.82, 2.24) is 0 Å². The van der Waals surface area contributed by atoms with Crippen molar-refractivity contribution in [3.05, 3.63) is 161 Å². The van der Waals surface area contributed by atoms with Crippen molar-refractivity contribution in [3.63, 3.8) is 0 Å². The normalized spacial score (nSPS) is 13.8. The SMILES string of the molecule is COC(=O)/C(C=P(c1ccccc1)(c1ccccc1)c1ccccc1)=C1\C(=O)N(Cc2ccccc2)c2ccc(Cl)cc21. The topological polar surface area (TPSA) is 46.6 Å². The van der Waals surface area contributed by atoms with Gasteiger partial charge in [-0.25, -0.2) is 4.79 Å². The number of methoxy groups -OCH3 is 1. The van der Waals surface area contributed by atoms with Crippen LogP contribution in [0.4, 0.5) is 5.69 Å². The number of amides is 1. The van der Waals surface area contributed by atoms with Gasteiger partial charge in [0.2, 0.25) is 0 Å². The number of carbonyl (C=O) groups is 2. The maximum Gasteiger partial charge on any atom is 0.338 e. The molecule has 1 aliphatic rings. The van der Waals surface area contributed by atoms with Crippen LogP contribution in [0.25, 0.3) is 5.57 Å². The lowest BCUT2D eigenvalue weighted by Gasteiger charge is -2.29. The molecule has 5 aromatic rings. The molecule has 4 nitrogen and oxygen atoms in total. The molecule has 0 saturated heterocycles. The van der Waals surface area contributed by atoms with Crippen LogP contribution in [0.3, 0.4) is 0 Å². The highest BCUT2D eigenvalue weighted by Crippen LogP contribution is 2.47. The van der Waals surface area contributed by atoms with Gasteiger partial charge in [-0.2, -0.15) is 0 Å². The number of rotatable bonds is 7. The van der Waals surface area contributed by atoms with Gasteiger partial charge in [0.25, 0.3) is 5.91 Å². The zero-order valence-electron chi connectivity index (χ0n) is 23.6. The fourth-order valence-corrected chi connectivity index (χ4v) is 9.73. The Balaban J connectivity index is 1.72. The predicted molar refractivity (Wildman–Crippen MR) is 179 cm³/mol. The quantitative estimate of drug-likeness (QED) is 0.120. The zero-order chi connectivity index (χ0) is 29.8. The molecule has 0 bridgehead atoms. The van der Waals surface area contributed by atoms with Crippen molar-refractivity contribution < 1.29 is 14.3 Å². The summed E-state index contributed by atoms with van der Waals surface area (Å²) in [5.74, 6) is 1.15. The summed E-state index contributed by atoms with van der Waals surface area (Å²) in [6.45, 7) is -2.30. The van der Waals surface area contributed by atoms with Crippen molar-refractivity contribution in [2.24, 2.45) is 0 Å². The lowest BCUT2D eigenvalue weighted by Crippen LogP contribution is -2.30. The van der Waals surface area contributed by atoms with E-state index in [-0.39, 0.29) is 17.1 Å². The molecule has 0 aromatic heterocycles. The Labute approximate surface area is 256 Å². The van der Waals surface area contributed by atoms with Gasteiger partial charge in [-0.05, 0) is 52.4 Å². The van der Waals surface area contributed by atoms with E-state index < -0.39 is 12.9 Å². The molecule has 0 saturated carbocycles. The molecule has 0 atom stereocenters. The van der Waals surface area contributed by atoms with Gasteiger partial charge in [0.05, 0.1) is 30.5 Å². The summed E-state index contributed by atoms with van der Waals surface area (Å²) in [5, 5.41) is 3.62. The number of ether oxygens (including phenoxy) is 1. The van der Waals surface area contributed by atoms with Crippen LogP contribution in [0.5, 0.6) is 0 Å². The molecular formula is C37H29ClNO3P. The fraction of sp³-hybridized carbons (Fsp3) is 0.0541. The number of hydrogen-bond acceptors (Lipinski definition) is 3. The maximum atomic E-state index is 14.4. The first kappa shape index (κ1) is 28.5. The van der Waals surface area contributed by atoms with Crippen LogP contribution in [0.15, 0.2) is 145 Å². The Bertz CT molecular complexity index is 1770. The number of halogens is 1. The number of hydrogen-bond donors (Lipinski definition) is 0. The summed E-state index contributed by atoms with van der Waals surface area (Å²) in [6, 6.07) is 45.7. The summed E-state index contributed by atoms with van der Waals surface area (Å²) in [5.41, 5.74) is 2.79.